The zero-order valence-corrected chi connectivity index (χ0v) is 25.8. The van der Waals surface area contributed by atoms with Crippen LogP contribution in [0.15, 0.2) is 65.7 Å². The summed E-state index contributed by atoms with van der Waals surface area (Å²) < 4.78 is 28.5. The van der Waals surface area contributed by atoms with Crippen molar-refractivity contribution in [2.75, 3.05) is 18.0 Å². The Balaban J connectivity index is 1.30. The summed E-state index contributed by atoms with van der Waals surface area (Å²) in [5, 5.41) is 0. The maximum Gasteiger partial charge on any atom is 0.268 e. The van der Waals surface area contributed by atoms with Gasteiger partial charge in [-0.1, -0.05) is 88.4 Å². The molecular formula is C34H44N4O3S. The van der Waals surface area contributed by atoms with Crippen LogP contribution in [0.1, 0.15) is 98.3 Å². The second-order valence-electron chi connectivity index (χ2n) is 12.4. The molecule has 2 heterocycles. The normalized spacial score (nSPS) is 17.0. The number of carbonyl (C=O) groups excluding carboxylic acids is 1. The van der Waals surface area contributed by atoms with Crippen molar-refractivity contribution < 1.29 is 13.2 Å². The number of rotatable bonds is 10. The maximum absolute atomic E-state index is 13.4. The van der Waals surface area contributed by atoms with Crippen molar-refractivity contribution in [2.24, 2.45) is 11.8 Å². The summed E-state index contributed by atoms with van der Waals surface area (Å²) in [6, 6.07) is 17.3. The molecule has 1 aromatic heterocycles. The average Bonchev–Trinajstić information content (AvgIpc) is 3.01. The number of nitrogens with zero attached hydrogens (tertiary/aromatic N) is 3. The third-order valence-electron chi connectivity index (χ3n) is 8.96. The van der Waals surface area contributed by atoms with Crippen molar-refractivity contribution in [2.45, 2.75) is 88.9 Å². The van der Waals surface area contributed by atoms with Crippen LogP contribution in [-0.2, 0) is 22.9 Å². The van der Waals surface area contributed by atoms with Crippen molar-refractivity contribution in [3.63, 3.8) is 0 Å². The van der Waals surface area contributed by atoms with Crippen LogP contribution in [0.5, 0.6) is 0 Å². The predicted molar refractivity (Wildman–Crippen MR) is 167 cm³/mol. The standard InChI is InChI=1S/C34H44N4O3S/c1-25(2)29-14-16-30(17-15-29)42(40,41)37-33(39)31-24-35-34(36-32(31)18-13-26-9-5-3-6-10-26)38-21-19-28(20-22-38)23-27-11-7-4-8-12-27/h4,7-8,11-12,14-17,24-26,28H,3,5-6,9-10,13,18-23H2,1-2H3,(H,37,39). The van der Waals surface area contributed by atoms with Crippen LogP contribution < -0.4 is 9.62 Å². The van der Waals surface area contributed by atoms with Crippen molar-refractivity contribution in [1.82, 2.24) is 14.7 Å². The monoisotopic (exact) mass is 588 g/mol. The Morgan fingerprint density at radius 1 is 0.929 bits per heavy atom. The van der Waals surface area contributed by atoms with E-state index in [0.717, 1.165) is 44.3 Å². The van der Waals surface area contributed by atoms with E-state index in [1.807, 2.05) is 0 Å². The summed E-state index contributed by atoms with van der Waals surface area (Å²) in [7, 11) is -4.03. The molecule has 1 amide bonds. The number of anilines is 1. The number of hydrogen-bond donors (Lipinski definition) is 1. The van der Waals surface area contributed by atoms with Crippen molar-refractivity contribution in [3.05, 3.63) is 83.2 Å². The zero-order valence-electron chi connectivity index (χ0n) is 25.0. The van der Waals surface area contributed by atoms with E-state index in [-0.39, 0.29) is 16.4 Å². The molecule has 2 aliphatic rings. The molecule has 0 radical (unpaired) electrons. The number of carbonyl (C=O) groups is 1. The fourth-order valence-electron chi connectivity index (χ4n) is 6.31. The molecule has 1 aliphatic heterocycles. The van der Waals surface area contributed by atoms with Gasteiger partial charge in [0, 0.05) is 19.3 Å². The lowest BCUT2D eigenvalue weighted by molar-refractivity contribution is 0.0979. The largest absolute Gasteiger partial charge is 0.341 e. The molecule has 3 aromatic rings. The number of sulfonamides is 1. The molecule has 5 rings (SSSR count). The van der Waals surface area contributed by atoms with Crippen molar-refractivity contribution >= 4 is 21.9 Å². The summed E-state index contributed by atoms with van der Waals surface area (Å²) in [6.07, 6.45) is 12.5. The van der Waals surface area contributed by atoms with E-state index in [1.54, 1.807) is 24.3 Å². The van der Waals surface area contributed by atoms with Crippen LogP contribution in [0, 0.1) is 11.8 Å². The van der Waals surface area contributed by atoms with Crippen molar-refractivity contribution in [1.29, 1.82) is 0 Å². The minimum atomic E-state index is -4.03. The van der Waals surface area contributed by atoms with E-state index < -0.39 is 15.9 Å². The molecule has 1 saturated heterocycles. The molecule has 7 nitrogen and oxygen atoms in total. The van der Waals surface area contributed by atoms with Gasteiger partial charge in [0.1, 0.15) is 0 Å². The van der Waals surface area contributed by atoms with Gasteiger partial charge in [-0.15, -0.1) is 0 Å². The van der Waals surface area contributed by atoms with Crippen LogP contribution in [0.3, 0.4) is 0 Å². The van der Waals surface area contributed by atoms with Crippen LogP contribution >= 0.6 is 0 Å². The van der Waals surface area contributed by atoms with E-state index in [2.05, 4.69) is 58.8 Å². The average molecular weight is 589 g/mol. The highest BCUT2D eigenvalue weighted by atomic mass is 32.2. The number of benzene rings is 2. The molecule has 224 valence electrons. The molecule has 0 unspecified atom stereocenters. The quantitative estimate of drug-likeness (QED) is 0.284. The molecule has 1 aliphatic carbocycles. The second-order valence-corrected chi connectivity index (χ2v) is 14.0. The Morgan fingerprint density at radius 3 is 2.29 bits per heavy atom. The first-order valence-corrected chi connectivity index (χ1v) is 17.1. The summed E-state index contributed by atoms with van der Waals surface area (Å²) in [5.74, 6) is 1.49. The fraction of sp³-hybridized carbons (Fsp3) is 0.500. The Hall–Kier alpha value is -3.26. The summed E-state index contributed by atoms with van der Waals surface area (Å²) in [5.41, 5.74) is 3.30. The van der Waals surface area contributed by atoms with Gasteiger partial charge in [0.25, 0.3) is 15.9 Å². The molecule has 2 fully saturated rings. The molecule has 0 spiro atoms. The van der Waals surface area contributed by atoms with Gasteiger partial charge < -0.3 is 4.90 Å². The molecule has 0 atom stereocenters. The number of nitrogens with one attached hydrogen (secondary N) is 1. The van der Waals surface area contributed by atoms with Gasteiger partial charge in [-0.05, 0) is 73.1 Å². The molecule has 0 bridgehead atoms. The lowest BCUT2D eigenvalue weighted by Crippen LogP contribution is -2.36. The van der Waals surface area contributed by atoms with Gasteiger partial charge in [0.2, 0.25) is 5.95 Å². The zero-order chi connectivity index (χ0) is 29.5. The van der Waals surface area contributed by atoms with Gasteiger partial charge >= 0.3 is 0 Å². The predicted octanol–water partition coefficient (Wildman–Crippen LogP) is 6.69. The number of hydrogen-bond acceptors (Lipinski definition) is 6. The smallest absolute Gasteiger partial charge is 0.268 e. The summed E-state index contributed by atoms with van der Waals surface area (Å²) in [4.78, 5) is 25.2. The first-order chi connectivity index (χ1) is 20.3. The van der Waals surface area contributed by atoms with Crippen LogP contribution in [0.25, 0.3) is 0 Å². The lowest BCUT2D eigenvalue weighted by atomic mass is 9.85. The van der Waals surface area contributed by atoms with E-state index in [4.69, 9.17) is 4.98 Å². The third-order valence-corrected chi connectivity index (χ3v) is 10.3. The number of aryl methyl sites for hydroxylation is 1. The van der Waals surface area contributed by atoms with E-state index in [1.165, 1.54) is 43.9 Å². The van der Waals surface area contributed by atoms with Crippen LogP contribution in [0.4, 0.5) is 5.95 Å². The molecule has 42 heavy (non-hydrogen) atoms. The summed E-state index contributed by atoms with van der Waals surface area (Å²) >= 11 is 0. The van der Waals surface area contributed by atoms with Crippen molar-refractivity contribution in [3.8, 4) is 0 Å². The molecule has 2 aromatic carbocycles. The van der Waals surface area contributed by atoms with Crippen LogP contribution in [-0.4, -0.2) is 37.4 Å². The first kappa shape index (κ1) is 30.2. The van der Waals surface area contributed by atoms with E-state index >= 15 is 0 Å². The van der Waals surface area contributed by atoms with Gasteiger partial charge in [-0.2, -0.15) is 0 Å². The number of amides is 1. The second kappa shape index (κ2) is 13.8. The third kappa shape index (κ3) is 7.77. The van der Waals surface area contributed by atoms with Gasteiger partial charge in [-0.25, -0.2) is 23.1 Å². The Bertz CT molecular complexity index is 1430. The van der Waals surface area contributed by atoms with Gasteiger partial charge in [0.15, 0.2) is 0 Å². The highest BCUT2D eigenvalue weighted by molar-refractivity contribution is 7.90. The highest BCUT2D eigenvalue weighted by Crippen LogP contribution is 2.29. The maximum atomic E-state index is 13.4. The Labute approximate surface area is 251 Å². The Morgan fingerprint density at radius 2 is 1.62 bits per heavy atom. The van der Waals surface area contributed by atoms with Crippen LogP contribution in [0.2, 0.25) is 0 Å². The highest BCUT2D eigenvalue weighted by Gasteiger charge is 2.26. The van der Waals surface area contributed by atoms with E-state index in [9.17, 15) is 13.2 Å². The minimum absolute atomic E-state index is 0.0694. The number of aromatic nitrogens is 2. The lowest BCUT2D eigenvalue weighted by Gasteiger charge is -2.32. The topological polar surface area (TPSA) is 92.3 Å². The minimum Gasteiger partial charge on any atom is -0.341 e. The molecule has 1 N–H and O–H groups in total. The van der Waals surface area contributed by atoms with E-state index in [0.29, 0.717) is 29.9 Å². The molecule has 8 heteroatoms. The SMILES string of the molecule is CC(C)c1ccc(S(=O)(=O)NC(=O)c2cnc(N3CCC(Cc4ccccc4)CC3)nc2CCC2CCCCC2)cc1. The van der Waals surface area contributed by atoms with Gasteiger partial charge in [-0.3, -0.25) is 4.79 Å². The summed E-state index contributed by atoms with van der Waals surface area (Å²) in [6.45, 7) is 5.84. The Kier molecular flexibility index (Phi) is 9.93. The van der Waals surface area contributed by atoms with Gasteiger partial charge in [0.05, 0.1) is 16.2 Å². The first-order valence-electron chi connectivity index (χ1n) is 15.6. The fourth-order valence-corrected chi connectivity index (χ4v) is 7.27. The number of piperidine rings is 1. The molecular weight excluding hydrogens is 544 g/mol. The molecule has 1 saturated carbocycles.